The molecule has 0 spiro atoms. The summed E-state index contributed by atoms with van der Waals surface area (Å²) in [5.74, 6) is -1.70. The molecule has 140 valence electrons. The third kappa shape index (κ3) is 3.12. The number of rotatable bonds is 1. The van der Waals surface area contributed by atoms with Crippen molar-refractivity contribution in [3.8, 4) is 0 Å². The Balaban J connectivity index is 1.77. The number of benzene rings is 1. The highest BCUT2D eigenvalue weighted by atomic mass is 35.5. The summed E-state index contributed by atoms with van der Waals surface area (Å²) in [5.41, 5.74) is 0.187. The average molecular weight is 399 g/mol. The van der Waals surface area contributed by atoms with E-state index < -0.39 is 23.9 Å². The van der Waals surface area contributed by atoms with Crippen LogP contribution in [0.5, 0.6) is 0 Å². The number of amides is 1. The Bertz CT molecular complexity index is 1050. The summed E-state index contributed by atoms with van der Waals surface area (Å²) in [7, 11) is 0. The first kappa shape index (κ1) is 17.7. The highest BCUT2D eigenvalue weighted by molar-refractivity contribution is 6.30. The zero-order valence-electron chi connectivity index (χ0n) is 13.5. The lowest BCUT2D eigenvalue weighted by molar-refractivity contribution is -0.181. The summed E-state index contributed by atoms with van der Waals surface area (Å²) < 4.78 is 56.1. The van der Waals surface area contributed by atoms with E-state index in [4.69, 9.17) is 11.6 Å². The second-order valence-electron chi connectivity index (χ2n) is 6.14. The minimum atomic E-state index is -4.76. The van der Waals surface area contributed by atoms with Gasteiger partial charge in [0.2, 0.25) is 0 Å². The summed E-state index contributed by atoms with van der Waals surface area (Å²) in [6, 6.07) is 2.31. The number of hydrogen-bond donors (Lipinski definition) is 0. The van der Waals surface area contributed by atoms with Crippen molar-refractivity contribution in [3.63, 3.8) is 0 Å². The van der Waals surface area contributed by atoms with E-state index in [9.17, 15) is 22.4 Å². The van der Waals surface area contributed by atoms with Gasteiger partial charge in [-0.1, -0.05) is 17.7 Å². The molecule has 1 aliphatic heterocycles. The first-order valence-electron chi connectivity index (χ1n) is 7.91. The molecular formula is C17H11ClF4N4O. The summed E-state index contributed by atoms with van der Waals surface area (Å²) in [6.07, 6.45) is -1.85. The molecule has 1 aliphatic rings. The van der Waals surface area contributed by atoms with E-state index in [-0.39, 0.29) is 34.9 Å². The third-order valence-electron chi connectivity index (χ3n) is 4.41. The van der Waals surface area contributed by atoms with Crippen LogP contribution in [-0.4, -0.2) is 38.1 Å². The molecule has 0 aliphatic carbocycles. The van der Waals surface area contributed by atoms with Gasteiger partial charge in [-0.15, -0.1) is 0 Å². The molecule has 1 atom stereocenters. The fraction of sp³-hybridized carbons (Fsp3) is 0.235. The minimum Gasteiger partial charge on any atom is -0.321 e. The van der Waals surface area contributed by atoms with Crippen LogP contribution < -0.4 is 0 Å². The van der Waals surface area contributed by atoms with Gasteiger partial charge in [0.15, 0.2) is 17.4 Å². The Kier molecular flexibility index (Phi) is 4.06. The van der Waals surface area contributed by atoms with Gasteiger partial charge in [-0.25, -0.2) is 13.9 Å². The van der Waals surface area contributed by atoms with Crippen molar-refractivity contribution in [1.29, 1.82) is 0 Å². The molecule has 1 unspecified atom stereocenters. The van der Waals surface area contributed by atoms with E-state index in [1.807, 2.05) is 0 Å². The maximum Gasteiger partial charge on any atom is 0.413 e. The van der Waals surface area contributed by atoms with Crippen molar-refractivity contribution in [2.45, 2.75) is 18.6 Å². The third-order valence-corrected chi connectivity index (χ3v) is 4.60. The molecule has 27 heavy (non-hydrogen) atoms. The summed E-state index contributed by atoms with van der Waals surface area (Å²) in [6.45, 7) is -0.163. The van der Waals surface area contributed by atoms with Gasteiger partial charge in [-0.05, 0) is 29.7 Å². The number of alkyl halides is 3. The minimum absolute atomic E-state index is 0.163. The highest BCUT2D eigenvalue weighted by Gasteiger charge is 2.49. The molecule has 1 amide bonds. The maximum atomic E-state index is 13.8. The Labute approximate surface area is 155 Å². The van der Waals surface area contributed by atoms with Crippen LogP contribution in [0.25, 0.3) is 5.65 Å². The number of hydrogen-bond acceptors (Lipinski definition) is 3. The quantitative estimate of drug-likeness (QED) is 0.585. The Morgan fingerprint density at radius 2 is 2.04 bits per heavy atom. The topological polar surface area (TPSA) is 50.5 Å². The van der Waals surface area contributed by atoms with Crippen LogP contribution in [0.2, 0.25) is 5.02 Å². The van der Waals surface area contributed by atoms with E-state index in [0.717, 1.165) is 12.1 Å². The van der Waals surface area contributed by atoms with E-state index in [1.165, 1.54) is 29.0 Å². The Morgan fingerprint density at radius 1 is 1.26 bits per heavy atom. The lowest BCUT2D eigenvalue weighted by Gasteiger charge is -2.37. The van der Waals surface area contributed by atoms with Crippen LogP contribution in [0.4, 0.5) is 17.6 Å². The van der Waals surface area contributed by atoms with Gasteiger partial charge in [0, 0.05) is 18.8 Å². The molecule has 3 heterocycles. The zero-order valence-corrected chi connectivity index (χ0v) is 14.3. The lowest BCUT2D eigenvalue weighted by atomic mass is 9.91. The van der Waals surface area contributed by atoms with Crippen molar-refractivity contribution in [2.75, 3.05) is 6.54 Å². The monoisotopic (exact) mass is 398 g/mol. The van der Waals surface area contributed by atoms with Gasteiger partial charge in [0.05, 0.1) is 11.2 Å². The number of halogens is 5. The lowest BCUT2D eigenvalue weighted by Crippen LogP contribution is -2.46. The molecule has 2 aromatic heterocycles. The average Bonchev–Trinajstić information content (AvgIpc) is 3.02. The Morgan fingerprint density at radius 3 is 2.78 bits per heavy atom. The van der Waals surface area contributed by atoms with Gasteiger partial charge in [-0.3, -0.25) is 4.79 Å². The second-order valence-corrected chi connectivity index (χ2v) is 6.58. The van der Waals surface area contributed by atoms with Gasteiger partial charge in [-0.2, -0.15) is 18.3 Å². The van der Waals surface area contributed by atoms with Crippen molar-refractivity contribution < 1.29 is 22.4 Å². The van der Waals surface area contributed by atoms with Crippen molar-refractivity contribution in [1.82, 2.24) is 19.5 Å². The van der Waals surface area contributed by atoms with E-state index in [1.54, 1.807) is 0 Å². The second kappa shape index (κ2) is 6.19. The molecule has 0 N–H and O–H groups in total. The van der Waals surface area contributed by atoms with Crippen LogP contribution in [0.1, 0.15) is 27.7 Å². The molecule has 0 radical (unpaired) electrons. The molecule has 0 fully saturated rings. The summed E-state index contributed by atoms with van der Waals surface area (Å²) in [5, 5.41) is 4.24. The van der Waals surface area contributed by atoms with Gasteiger partial charge in [0.25, 0.3) is 5.91 Å². The van der Waals surface area contributed by atoms with Gasteiger partial charge in [0.1, 0.15) is 5.82 Å². The molecule has 1 aromatic carbocycles. The van der Waals surface area contributed by atoms with Crippen LogP contribution in [0.15, 0.2) is 36.7 Å². The predicted octanol–water partition coefficient (Wildman–Crippen LogP) is 3.82. The van der Waals surface area contributed by atoms with E-state index in [0.29, 0.717) is 10.5 Å². The summed E-state index contributed by atoms with van der Waals surface area (Å²) in [4.78, 5) is 17.4. The number of nitrogens with zero attached hydrogens (tertiary/aromatic N) is 4. The maximum absolute atomic E-state index is 13.8. The van der Waals surface area contributed by atoms with Crippen LogP contribution in [0.3, 0.4) is 0 Å². The molecule has 0 bridgehead atoms. The summed E-state index contributed by atoms with van der Waals surface area (Å²) >= 11 is 5.81. The number of carbonyl (C=O) groups is 1. The fourth-order valence-electron chi connectivity index (χ4n) is 3.26. The van der Waals surface area contributed by atoms with Crippen LogP contribution >= 0.6 is 11.6 Å². The van der Waals surface area contributed by atoms with Crippen LogP contribution in [0, 0.1) is 5.82 Å². The number of aromatic nitrogens is 3. The smallest absolute Gasteiger partial charge is 0.321 e. The Hall–Kier alpha value is -2.68. The first-order chi connectivity index (χ1) is 12.7. The van der Waals surface area contributed by atoms with Crippen molar-refractivity contribution in [2.24, 2.45) is 0 Å². The highest BCUT2D eigenvalue weighted by Crippen LogP contribution is 2.42. The van der Waals surface area contributed by atoms with Crippen LogP contribution in [-0.2, 0) is 6.42 Å². The SMILES string of the molecule is O=C(c1cc2ncc(Cl)cn2n1)N1CCc2ccc(F)cc2C1C(F)(F)F. The first-order valence-corrected chi connectivity index (χ1v) is 8.29. The predicted molar refractivity (Wildman–Crippen MR) is 87.9 cm³/mol. The standard InChI is InChI=1S/C17H11ClF4N4O/c18-10-7-23-14-6-13(24-26(14)8-10)16(27)25-4-3-9-1-2-11(19)5-12(9)15(25)17(20,21)22/h1-2,5-8,15H,3-4H2. The van der Waals surface area contributed by atoms with Crippen molar-refractivity contribution >= 4 is 23.2 Å². The molecule has 5 nitrogen and oxygen atoms in total. The van der Waals surface area contributed by atoms with E-state index >= 15 is 0 Å². The van der Waals surface area contributed by atoms with E-state index in [2.05, 4.69) is 10.1 Å². The largest absolute Gasteiger partial charge is 0.413 e. The normalized spacial score (nSPS) is 17.2. The van der Waals surface area contributed by atoms with Crippen molar-refractivity contribution in [3.05, 3.63) is 64.3 Å². The molecule has 10 heteroatoms. The number of fused-ring (bicyclic) bond motifs is 2. The molecule has 3 aromatic rings. The number of carbonyl (C=O) groups excluding carboxylic acids is 1. The molecule has 0 saturated carbocycles. The molecule has 0 saturated heterocycles. The van der Waals surface area contributed by atoms with Gasteiger partial charge >= 0.3 is 6.18 Å². The zero-order chi connectivity index (χ0) is 19.3. The fourth-order valence-corrected chi connectivity index (χ4v) is 3.40. The molecule has 4 rings (SSSR count). The molecular weight excluding hydrogens is 388 g/mol. The van der Waals surface area contributed by atoms with Gasteiger partial charge < -0.3 is 4.90 Å².